The van der Waals surface area contributed by atoms with Gasteiger partial charge in [0.2, 0.25) is 10.0 Å². The molecule has 1 saturated heterocycles. The van der Waals surface area contributed by atoms with E-state index in [1.165, 1.54) is 10.4 Å². The van der Waals surface area contributed by atoms with Crippen molar-refractivity contribution in [2.45, 2.75) is 17.7 Å². The number of hydrogen-bond acceptors (Lipinski definition) is 5. The Morgan fingerprint density at radius 1 is 1.12 bits per heavy atom. The van der Waals surface area contributed by atoms with E-state index in [9.17, 15) is 21.6 Å². The molecule has 2 aliphatic rings. The lowest BCUT2D eigenvalue weighted by atomic mass is 10.1. The number of fused-ring (bicyclic) bond motifs is 1. The van der Waals surface area contributed by atoms with Crippen LogP contribution in [0.2, 0.25) is 0 Å². The van der Waals surface area contributed by atoms with E-state index in [0.29, 0.717) is 42.0 Å². The van der Waals surface area contributed by atoms with Crippen LogP contribution in [0.1, 0.15) is 22.3 Å². The lowest BCUT2D eigenvalue weighted by Gasteiger charge is -2.33. The number of nitrogens with zero attached hydrogens (tertiary/aromatic N) is 2. The first-order chi connectivity index (χ1) is 11.2. The Hall–Kier alpha value is -1.45. The summed E-state index contributed by atoms with van der Waals surface area (Å²) in [6.45, 7) is 1.23. The predicted octanol–water partition coefficient (Wildman–Crippen LogP) is 0.124. The third kappa shape index (κ3) is 3.33. The van der Waals surface area contributed by atoms with Crippen molar-refractivity contribution in [3.05, 3.63) is 29.3 Å². The molecule has 1 amide bonds. The summed E-state index contributed by atoms with van der Waals surface area (Å²) in [5.41, 5.74) is 1.15. The highest BCUT2D eigenvalue weighted by Crippen LogP contribution is 2.26. The average Bonchev–Trinajstić information content (AvgIpc) is 2.53. The largest absolute Gasteiger partial charge is 0.336 e. The number of aryl methyl sites for hydroxylation is 1. The molecule has 9 heteroatoms. The SMILES string of the molecule is CS(=O)(=O)N1CCN(C(=O)c2ccc3c(c2)CCCS3(=O)=O)CC1. The normalized spacial score (nSPS) is 21.3. The second-order valence-electron chi connectivity index (χ2n) is 6.20. The van der Waals surface area contributed by atoms with E-state index >= 15 is 0 Å². The molecule has 0 radical (unpaired) electrons. The summed E-state index contributed by atoms with van der Waals surface area (Å²) >= 11 is 0. The molecule has 3 rings (SSSR count). The van der Waals surface area contributed by atoms with Gasteiger partial charge in [0.25, 0.3) is 5.91 Å². The van der Waals surface area contributed by atoms with Crippen LogP contribution >= 0.6 is 0 Å². The van der Waals surface area contributed by atoms with Gasteiger partial charge in [-0.05, 0) is 36.6 Å². The van der Waals surface area contributed by atoms with E-state index in [1.807, 2.05) is 0 Å². The molecule has 0 bridgehead atoms. The van der Waals surface area contributed by atoms with Crippen molar-refractivity contribution in [1.82, 2.24) is 9.21 Å². The lowest BCUT2D eigenvalue weighted by Crippen LogP contribution is -2.50. The van der Waals surface area contributed by atoms with E-state index in [4.69, 9.17) is 0 Å². The van der Waals surface area contributed by atoms with Gasteiger partial charge in [0.1, 0.15) is 0 Å². The molecule has 0 spiro atoms. The summed E-state index contributed by atoms with van der Waals surface area (Å²) in [4.78, 5) is 14.5. The molecule has 0 saturated carbocycles. The van der Waals surface area contributed by atoms with Crippen molar-refractivity contribution < 1.29 is 21.6 Å². The minimum atomic E-state index is -3.24. The summed E-state index contributed by atoms with van der Waals surface area (Å²) in [7, 11) is -6.47. The topological polar surface area (TPSA) is 91.8 Å². The Labute approximate surface area is 142 Å². The van der Waals surface area contributed by atoms with Crippen molar-refractivity contribution >= 4 is 25.8 Å². The molecule has 2 heterocycles. The van der Waals surface area contributed by atoms with Gasteiger partial charge in [0.05, 0.1) is 16.9 Å². The standard InChI is InChI=1S/C15H20N2O5S2/c1-23(19,20)17-8-6-16(7-9-17)15(18)13-4-5-14-12(11-13)3-2-10-24(14,21)22/h4-5,11H,2-3,6-10H2,1H3. The smallest absolute Gasteiger partial charge is 0.253 e. The van der Waals surface area contributed by atoms with Crippen LogP contribution in [0.5, 0.6) is 0 Å². The van der Waals surface area contributed by atoms with Crippen molar-refractivity contribution in [3.63, 3.8) is 0 Å². The number of carbonyl (C=O) groups excluding carboxylic acids is 1. The molecule has 1 aromatic carbocycles. The van der Waals surface area contributed by atoms with Gasteiger partial charge in [0.15, 0.2) is 9.84 Å². The van der Waals surface area contributed by atoms with Crippen LogP contribution in [0.4, 0.5) is 0 Å². The molecule has 1 fully saturated rings. The van der Waals surface area contributed by atoms with Crippen LogP contribution in [0.15, 0.2) is 23.1 Å². The molecule has 1 aromatic rings. The number of carbonyl (C=O) groups is 1. The van der Waals surface area contributed by atoms with Gasteiger partial charge >= 0.3 is 0 Å². The number of sulfone groups is 1. The summed E-state index contributed by atoms with van der Waals surface area (Å²) in [5.74, 6) is -0.0327. The van der Waals surface area contributed by atoms with Crippen LogP contribution in [-0.2, 0) is 26.3 Å². The average molecular weight is 372 g/mol. The van der Waals surface area contributed by atoms with Gasteiger partial charge in [-0.15, -0.1) is 0 Å². The van der Waals surface area contributed by atoms with Crippen LogP contribution in [-0.4, -0.2) is 70.1 Å². The quantitative estimate of drug-likeness (QED) is 0.735. The molecule has 0 unspecified atom stereocenters. The lowest BCUT2D eigenvalue weighted by molar-refractivity contribution is 0.0698. The molecular weight excluding hydrogens is 352 g/mol. The van der Waals surface area contributed by atoms with E-state index in [-0.39, 0.29) is 24.7 Å². The van der Waals surface area contributed by atoms with E-state index in [0.717, 1.165) is 6.26 Å². The summed E-state index contributed by atoms with van der Waals surface area (Å²) < 4.78 is 48.5. The Balaban J connectivity index is 1.77. The second-order valence-corrected chi connectivity index (χ2v) is 10.3. The third-order valence-corrected chi connectivity index (χ3v) is 7.69. The number of sulfonamides is 1. The fourth-order valence-electron chi connectivity index (χ4n) is 3.18. The zero-order chi connectivity index (χ0) is 17.5. The number of amides is 1. The molecule has 0 N–H and O–H groups in total. The number of benzene rings is 1. The number of rotatable bonds is 2. The zero-order valence-electron chi connectivity index (χ0n) is 13.4. The van der Waals surface area contributed by atoms with Gasteiger partial charge in [-0.1, -0.05) is 0 Å². The highest BCUT2D eigenvalue weighted by Gasteiger charge is 2.28. The minimum absolute atomic E-state index is 0.154. The fraction of sp³-hybridized carbons (Fsp3) is 0.533. The van der Waals surface area contributed by atoms with Gasteiger partial charge in [0, 0.05) is 31.7 Å². The fourth-order valence-corrected chi connectivity index (χ4v) is 5.59. The highest BCUT2D eigenvalue weighted by atomic mass is 32.2. The van der Waals surface area contributed by atoms with Gasteiger partial charge < -0.3 is 4.90 Å². The van der Waals surface area contributed by atoms with Crippen LogP contribution < -0.4 is 0 Å². The Kier molecular flexibility index (Phi) is 4.43. The molecule has 0 aliphatic carbocycles. The first-order valence-corrected chi connectivity index (χ1v) is 11.3. The Morgan fingerprint density at radius 3 is 2.42 bits per heavy atom. The predicted molar refractivity (Wildman–Crippen MR) is 89.1 cm³/mol. The molecule has 7 nitrogen and oxygen atoms in total. The van der Waals surface area contributed by atoms with Crippen molar-refractivity contribution in [2.24, 2.45) is 0 Å². The maximum atomic E-state index is 12.6. The van der Waals surface area contributed by atoms with Gasteiger partial charge in [-0.25, -0.2) is 16.8 Å². The maximum absolute atomic E-state index is 12.6. The van der Waals surface area contributed by atoms with E-state index < -0.39 is 19.9 Å². The summed E-state index contributed by atoms with van der Waals surface area (Å²) in [5, 5.41) is 0. The van der Waals surface area contributed by atoms with Gasteiger partial charge in [-0.3, -0.25) is 4.79 Å². The summed E-state index contributed by atoms with van der Waals surface area (Å²) in [6, 6.07) is 4.73. The van der Waals surface area contributed by atoms with Crippen LogP contribution in [0.25, 0.3) is 0 Å². The molecule has 2 aliphatic heterocycles. The number of hydrogen-bond donors (Lipinski definition) is 0. The molecule has 0 atom stereocenters. The first-order valence-electron chi connectivity index (χ1n) is 7.78. The maximum Gasteiger partial charge on any atom is 0.253 e. The highest BCUT2D eigenvalue weighted by molar-refractivity contribution is 7.91. The second kappa shape index (κ2) is 6.12. The Bertz CT molecular complexity index is 869. The molecule has 0 aromatic heterocycles. The molecular formula is C15H20N2O5S2. The van der Waals surface area contributed by atoms with Crippen molar-refractivity contribution in [3.8, 4) is 0 Å². The Morgan fingerprint density at radius 2 is 1.79 bits per heavy atom. The van der Waals surface area contributed by atoms with Crippen LogP contribution in [0.3, 0.4) is 0 Å². The van der Waals surface area contributed by atoms with Crippen molar-refractivity contribution in [1.29, 1.82) is 0 Å². The van der Waals surface area contributed by atoms with E-state index in [2.05, 4.69) is 0 Å². The third-order valence-electron chi connectivity index (χ3n) is 4.50. The minimum Gasteiger partial charge on any atom is -0.336 e. The molecule has 24 heavy (non-hydrogen) atoms. The van der Waals surface area contributed by atoms with Crippen LogP contribution in [0, 0.1) is 0 Å². The number of piperazine rings is 1. The summed E-state index contributed by atoms with van der Waals surface area (Å²) in [6.07, 6.45) is 2.38. The van der Waals surface area contributed by atoms with Gasteiger partial charge in [-0.2, -0.15) is 4.31 Å². The monoisotopic (exact) mass is 372 g/mol. The molecule has 132 valence electrons. The first kappa shape index (κ1) is 17.4. The van der Waals surface area contributed by atoms with E-state index in [1.54, 1.807) is 17.0 Å². The van der Waals surface area contributed by atoms with Crippen molar-refractivity contribution in [2.75, 3.05) is 38.2 Å². The zero-order valence-corrected chi connectivity index (χ0v) is 15.1.